The summed E-state index contributed by atoms with van der Waals surface area (Å²) in [6.07, 6.45) is -4.12. The molecule has 0 saturated heterocycles. The largest absolute Gasteiger partial charge is 0.479 e. The summed E-state index contributed by atoms with van der Waals surface area (Å²) in [5.74, 6) is -3.30. The number of carboxylic acids is 2. The first-order valence-electron chi connectivity index (χ1n) is 2.88. The van der Waals surface area contributed by atoms with Crippen LogP contribution in [-0.4, -0.2) is 44.6 Å². The quantitative estimate of drug-likeness (QED) is 0.385. The molecule has 0 aromatic heterocycles. The van der Waals surface area contributed by atoms with E-state index in [1.807, 2.05) is 0 Å². The van der Waals surface area contributed by atoms with Crippen LogP contribution in [0.2, 0.25) is 0 Å². The maximum absolute atomic E-state index is 10.1. The van der Waals surface area contributed by atoms with E-state index in [1.54, 1.807) is 0 Å². The van der Waals surface area contributed by atoms with Crippen molar-refractivity contribution in [2.24, 2.45) is 0 Å². The van der Waals surface area contributed by atoms with Gasteiger partial charge in [-0.2, -0.15) is 0 Å². The Morgan fingerprint density at radius 1 is 1.00 bits per heavy atom. The van der Waals surface area contributed by atoms with Crippen molar-refractivity contribution in [3.8, 4) is 0 Å². The van der Waals surface area contributed by atoms with E-state index in [9.17, 15) is 9.59 Å². The predicted molar refractivity (Wildman–Crippen MR) is 36.4 cm³/mol. The summed E-state index contributed by atoms with van der Waals surface area (Å²) >= 11 is 0. The molecule has 12 heavy (non-hydrogen) atoms. The number of hydrogen-bond donors (Lipinski definition) is 4. The van der Waals surface area contributed by atoms with Crippen molar-refractivity contribution < 1.29 is 30.0 Å². The van der Waals surface area contributed by atoms with Crippen LogP contribution in [0.1, 0.15) is 0 Å². The van der Waals surface area contributed by atoms with Gasteiger partial charge in [-0.05, 0) is 0 Å². The number of carbonyl (C=O) groups is 2. The van der Waals surface area contributed by atoms with Gasteiger partial charge in [-0.15, -0.1) is 0 Å². The fourth-order valence-corrected chi connectivity index (χ4v) is 0.467. The highest BCUT2D eigenvalue weighted by molar-refractivity contribution is 5.82. The Hall–Kier alpha value is -1.40. The highest BCUT2D eigenvalue weighted by Crippen LogP contribution is 2.05. The second-order valence-electron chi connectivity index (χ2n) is 2.06. The van der Waals surface area contributed by atoms with Crippen LogP contribution in [0, 0.1) is 0 Å². The van der Waals surface area contributed by atoms with Crippen molar-refractivity contribution in [3.63, 3.8) is 0 Å². The molecule has 0 heterocycles. The van der Waals surface area contributed by atoms with Crippen molar-refractivity contribution in [3.05, 3.63) is 12.2 Å². The van der Waals surface area contributed by atoms with E-state index in [2.05, 4.69) is 6.58 Å². The summed E-state index contributed by atoms with van der Waals surface area (Å²) in [6, 6.07) is 0. The molecule has 0 amide bonds. The zero-order valence-corrected chi connectivity index (χ0v) is 5.97. The number of rotatable bonds is 4. The summed E-state index contributed by atoms with van der Waals surface area (Å²) in [6.45, 7) is 2.94. The molecule has 6 nitrogen and oxygen atoms in total. The molecule has 0 rings (SSSR count). The van der Waals surface area contributed by atoms with Gasteiger partial charge in [0.1, 0.15) is 0 Å². The van der Waals surface area contributed by atoms with Crippen molar-refractivity contribution in [1.82, 2.24) is 0 Å². The lowest BCUT2D eigenvalue weighted by molar-refractivity contribution is -0.148. The molecule has 0 aromatic rings. The Morgan fingerprint density at radius 2 is 1.25 bits per heavy atom. The third kappa shape index (κ3) is 2.33. The monoisotopic (exact) mass is 176 g/mol. The maximum atomic E-state index is 10.1. The van der Waals surface area contributed by atoms with Crippen molar-refractivity contribution in [1.29, 1.82) is 0 Å². The van der Waals surface area contributed by atoms with E-state index in [0.717, 1.165) is 0 Å². The minimum Gasteiger partial charge on any atom is -0.479 e. The van der Waals surface area contributed by atoms with E-state index in [0.29, 0.717) is 0 Å². The van der Waals surface area contributed by atoms with Crippen LogP contribution in [-0.2, 0) is 9.59 Å². The van der Waals surface area contributed by atoms with Gasteiger partial charge in [0.2, 0.25) is 0 Å². The second-order valence-corrected chi connectivity index (χ2v) is 2.06. The lowest BCUT2D eigenvalue weighted by Crippen LogP contribution is -2.33. The molecule has 4 N–H and O–H groups in total. The Balaban J connectivity index is 4.39. The third-order valence-corrected chi connectivity index (χ3v) is 1.17. The fraction of sp³-hybridized carbons (Fsp3) is 0.333. The highest BCUT2D eigenvalue weighted by atomic mass is 16.4. The minimum absolute atomic E-state index is 0.671. The highest BCUT2D eigenvalue weighted by Gasteiger charge is 2.27. The zero-order chi connectivity index (χ0) is 9.89. The van der Waals surface area contributed by atoms with Crippen LogP contribution in [0.15, 0.2) is 12.2 Å². The molecule has 0 fully saturated rings. The number of aliphatic hydroxyl groups is 2. The summed E-state index contributed by atoms with van der Waals surface area (Å²) in [7, 11) is 0. The lowest BCUT2D eigenvalue weighted by Gasteiger charge is -2.11. The van der Waals surface area contributed by atoms with Gasteiger partial charge in [-0.3, -0.25) is 0 Å². The first kappa shape index (κ1) is 10.6. The topological polar surface area (TPSA) is 115 Å². The fourth-order valence-electron chi connectivity index (χ4n) is 0.467. The average molecular weight is 176 g/mol. The molecule has 2 atom stereocenters. The van der Waals surface area contributed by atoms with Crippen LogP contribution in [0.4, 0.5) is 0 Å². The predicted octanol–water partition coefficient (Wildman–Crippen LogP) is -1.57. The van der Waals surface area contributed by atoms with Gasteiger partial charge in [0, 0.05) is 5.57 Å². The van der Waals surface area contributed by atoms with Crippen LogP contribution >= 0.6 is 0 Å². The Bertz CT molecular complexity index is 198. The van der Waals surface area contributed by atoms with E-state index in [1.165, 1.54) is 0 Å². The molecule has 6 heteroatoms. The lowest BCUT2D eigenvalue weighted by atomic mass is 10.1. The molecular formula is C6H8O6. The molecule has 0 bridgehead atoms. The summed E-state index contributed by atoms with van der Waals surface area (Å²) in [4.78, 5) is 20.1. The van der Waals surface area contributed by atoms with Gasteiger partial charge < -0.3 is 20.4 Å². The molecule has 0 saturated carbocycles. The van der Waals surface area contributed by atoms with Crippen LogP contribution in [0.25, 0.3) is 0 Å². The molecular weight excluding hydrogens is 168 g/mol. The zero-order valence-electron chi connectivity index (χ0n) is 5.97. The Labute approximate surface area is 67.4 Å². The normalized spacial score (nSPS) is 14.8. The van der Waals surface area contributed by atoms with Gasteiger partial charge >= 0.3 is 11.9 Å². The van der Waals surface area contributed by atoms with Gasteiger partial charge in [-0.1, -0.05) is 6.58 Å². The SMILES string of the molecule is C=C(C(O)C(=O)O)C(O)C(=O)O. The summed E-state index contributed by atoms with van der Waals surface area (Å²) < 4.78 is 0. The molecule has 0 aliphatic heterocycles. The van der Waals surface area contributed by atoms with E-state index >= 15 is 0 Å². The Morgan fingerprint density at radius 3 is 1.42 bits per heavy atom. The van der Waals surface area contributed by atoms with Gasteiger partial charge in [0.15, 0.2) is 12.2 Å². The van der Waals surface area contributed by atoms with Gasteiger partial charge in [0.25, 0.3) is 0 Å². The number of hydrogen-bond acceptors (Lipinski definition) is 4. The summed E-state index contributed by atoms with van der Waals surface area (Å²) in [5.41, 5.74) is -0.671. The maximum Gasteiger partial charge on any atom is 0.336 e. The molecule has 0 radical (unpaired) electrons. The van der Waals surface area contributed by atoms with Crippen molar-refractivity contribution in [2.75, 3.05) is 0 Å². The molecule has 0 spiro atoms. The number of carboxylic acid groups (broad SMARTS) is 2. The first-order valence-corrected chi connectivity index (χ1v) is 2.88. The van der Waals surface area contributed by atoms with Gasteiger partial charge in [-0.25, -0.2) is 9.59 Å². The minimum atomic E-state index is -2.06. The third-order valence-electron chi connectivity index (χ3n) is 1.17. The van der Waals surface area contributed by atoms with Crippen LogP contribution < -0.4 is 0 Å². The van der Waals surface area contributed by atoms with Crippen LogP contribution in [0.5, 0.6) is 0 Å². The van der Waals surface area contributed by atoms with Crippen molar-refractivity contribution >= 4 is 11.9 Å². The standard InChI is InChI=1S/C6H8O6/c1-2(3(7)5(9)10)4(8)6(11)12/h3-4,7-8H,1H2,(H,9,10)(H,11,12). The number of aliphatic hydroxyl groups excluding tert-OH is 2. The molecule has 0 aromatic carbocycles. The van der Waals surface area contributed by atoms with Gasteiger partial charge in [0.05, 0.1) is 0 Å². The second kappa shape index (κ2) is 3.84. The van der Waals surface area contributed by atoms with Crippen molar-refractivity contribution in [2.45, 2.75) is 12.2 Å². The molecule has 0 aliphatic rings. The Kier molecular flexibility index (Phi) is 3.39. The molecule has 2 unspecified atom stereocenters. The van der Waals surface area contributed by atoms with Crippen LogP contribution in [0.3, 0.4) is 0 Å². The molecule has 68 valence electrons. The number of aliphatic carboxylic acids is 2. The van der Waals surface area contributed by atoms with E-state index in [-0.39, 0.29) is 0 Å². The first-order chi connectivity index (χ1) is 5.37. The van der Waals surface area contributed by atoms with E-state index < -0.39 is 29.7 Å². The smallest absolute Gasteiger partial charge is 0.336 e. The average Bonchev–Trinajstić information content (AvgIpc) is 2.00. The van der Waals surface area contributed by atoms with E-state index in [4.69, 9.17) is 20.4 Å². The molecule has 0 aliphatic carbocycles. The summed E-state index contributed by atoms with van der Waals surface area (Å²) in [5, 5.41) is 33.7.